The normalized spacial score (nSPS) is 15.3. The van der Waals surface area contributed by atoms with Crippen molar-refractivity contribution < 1.29 is 18.9 Å². The zero-order chi connectivity index (χ0) is 20.0. The molecule has 7 nitrogen and oxygen atoms in total. The van der Waals surface area contributed by atoms with Crippen molar-refractivity contribution >= 4 is 5.96 Å². The maximum atomic E-state index is 5.79. The van der Waals surface area contributed by atoms with Crippen LogP contribution in [0.1, 0.15) is 24.8 Å². The van der Waals surface area contributed by atoms with Gasteiger partial charge < -0.3 is 29.6 Å². The van der Waals surface area contributed by atoms with Crippen LogP contribution >= 0.6 is 0 Å². The second kappa shape index (κ2) is 13.2. The van der Waals surface area contributed by atoms with E-state index in [1.165, 1.54) is 5.56 Å². The van der Waals surface area contributed by atoms with Gasteiger partial charge in [0.1, 0.15) is 0 Å². The molecule has 2 N–H and O–H groups in total. The van der Waals surface area contributed by atoms with Gasteiger partial charge in [0.25, 0.3) is 0 Å². The number of guanidine groups is 1. The molecule has 0 aliphatic carbocycles. The van der Waals surface area contributed by atoms with Gasteiger partial charge in [0, 0.05) is 46.6 Å². The number of hydrogen-bond acceptors (Lipinski definition) is 5. The second-order valence-electron chi connectivity index (χ2n) is 6.85. The van der Waals surface area contributed by atoms with E-state index in [2.05, 4.69) is 21.7 Å². The second-order valence-corrected chi connectivity index (χ2v) is 6.85. The van der Waals surface area contributed by atoms with Crippen LogP contribution in [0.15, 0.2) is 23.2 Å². The van der Waals surface area contributed by atoms with Gasteiger partial charge in [-0.2, -0.15) is 0 Å². The largest absolute Gasteiger partial charge is 0.493 e. The van der Waals surface area contributed by atoms with Gasteiger partial charge in [-0.05, 0) is 49.3 Å². The number of methoxy groups -OCH3 is 2. The molecule has 1 aliphatic heterocycles. The van der Waals surface area contributed by atoms with Gasteiger partial charge in [-0.1, -0.05) is 6.07 Å². The van der Waals surface area contributed by atoms with Crippen molar-refractivity contribution in [2.45, 2.75) is 25.7 Å². The lowest BCUT2D eigenvalue weighted by molar-refractivity contribution is 0.0203. The van der Waals surface area contributed by atoms with Gasteiger partial charge in [-0.25, -0.2) is 0 Å². The standard InChI is InChI=1S/C21H35N3O4/c1-22-21(23-10-4-12-28-16-18-8-13-27-14-9-18)24-11-7-17-5-6-19(25-2)20(15-17)26-3/h5-6,15,18H,4,7-14,16H2,1-3H3,(H2,22,23,24). The molecular weight excluding hydrogens is 358 g/mol. The third-order valence-corrected chi connectivity index (χ3v) is 4.83. The van der Waals surface area contributed by atoms with Crippen molar-refractivity contribution in [3.8, 4) is 11.5 Å². The van der Waals surface area contributed by atoms with E-state index in [-0.39, 0.29) is 0 Å². The number of hydrogen-bond donors (Lipinski definition) is 2. The summed E-state index contributed by atoms with van der Waals surface area (Å²) in [5, 5.41) is 6.67. The molecule has 7 heteroatoms. The molecule has 1 aromatic carbocycles. The predicted molar refractivity (Wildman–Crippen MR) is 112 cm³/mol. The van der Waals surface area contributed by atoms with Gasteiger partial charge in [-0.3, -0.25) is 4.99 Å². The molecule has 2 rings (SSSR count). The van der Waals surface area contributed by atoms with Crippen molar-refractivity contribution in [1.82, 2.24) is 10.6 Å². The molecule has 0 aromatic heterocycles. The third-order valence-electron chi connectivity index (χ3n) is 4.83. The lowest BCUT2D eigenvalue weighted by Crippen LogP contribution is -2.39. The molecule has 1 fully saturated rings. The summed E-state index contributed by atoms with van der Waals surface area (Å²) in [7, 11) is 5.08. The highest BCUT2D eigenvalue weighted by Crippen LogP contribution is 2.27. The van der Waals surface area contributed by atoms with Crippen molar-refractivity contribution in [1.29, 1.82) is 0 Å². The highest BCUT2D eigenvalue weighted by molar-refractivity contribution is 5.79. The average molecular weight is 394 g/mol. The first kappa shape index (κ1) is 22.3. The van der Waals surface area contributed by atoms with Crippen molar-refractivity contribution in [2.24, 2.45) is 10.9 Å². The zero-order valence-electron chi connectivity index (χ0n) is 17.5. The fourth-order valence-electron chi connectivity index (χ4n) is 3.13. The number of nitrogens with one attached hydrogen (secondary N) is 2. The van der Waals surface area contributed by atoms with Crippen LogP contribution < -0.4 is 20.1 Å². The molecule has 1 saturated heterocycles. The fraction of sp³-hybridized carbons (Fsp3) is 0.667. The Labute approximate surface area is 168 Å². The Balaban J connectivity index is 1.57. The molecule has 0 radical (unpaired) electrons. The maximum absolute atomic E-state index is 5.79. The highest BCUT2D eigenvalue weighted by atomic mass is 16.5. The van der Waals surface area contributed by atoms with Crippen LogP contribution in [0.5, 0.6) is 11.5 Å². The van der Waals surface area contributed by atoms with Gasteiger partial charge >= 0.3 is 0 Å². The molecule has 0 saturated carbocycles. The van der Waals surface area contributed by atoms with Gasteiger partial charge in [0.2, 0.25) is 0 Å². The molecule has 0 amide bonds. The lowest BCUT2D eigenvalue weighted by Gasteiger charge is -2.21. The van der Waals surface area contributed by atoms with Crippen LogP contribution in [0.2, 0.25) is 0 Å². The third kappa shape index (κ3) is 7.94. The molecule has 28 heavy (non-hydrogen) atoms. The summed E-state index contributed by atoms with van der Waals surface area (Å²) < 4.78 is 21.8. The van der Waals surface area contributed by atoms with Gasteiger partial charge in [0.05, 0.1) is 14.2 Å². The van der Waals surface area contributed by atoms with Crippen LogP contribution in [-0.4, -0.2) is 66.7 Å². The quantitative estimate of drug-likeness (QED) is 0.341. The summed E-state index contributed by atoms with van der Waals surface area (Å²) in [6.45, 7) is 5.00. The van der Waals surface area contributed by atoms with E-state index in [0.717, 1.165) is 82.7 Å². The lowest BCUT2D eigenvalue weighted by atomic mass is 10.0. The average Bonchev–Trinajstić information content (AvgIpc) is 2.75. The summed E-state index contributed by atoms with van der Waals surface area (Å²) in [6, 6.07) is 5.99. The summed E-state index contributed by atoms with van der Waals surface area (Å²) in [4.78, 5) is 4.27. The van der Waals surface area contributed by atoms with Crippen LogP contribution in [0, 0.1) is 5.92 Å². The number of ether oxygens (including phenoxy) is 4. The minimum absolute atomic E-state index is 0.660. The topological polar surface area (TPSA) is 73.3 Å². The molecule has 1 heterocycles. The first-order valence-corrected chi connectivity index (χ1v) is 10.1. The number of aliphatic imine (C=N–C) groups is 1. The van der Waals surface area contributed by atoms with E-state index in [9.17, 15) is 0 Å². The molecule has 0 atom stereocenters. The van der Waals surface area contributed by atoms with Crippen LogP contribution in [0.3, 0.4) is 0 Å². The fourth-order valence-corrected chi connectivity index (χ4v) is 3.13. The minimum atomic E-state index is 0.660. The van der Waals surface area contributed by atoms with Crippen molar-refractivity contribution in [3.63, 3.8) is 0 Å². The molecule has 1 aliphatic rings. The summed E-state index contributed by atoms with van der Waals surface area (Å²) in [5.74, 6) is 2.97. The van der Waals surface area contributed by atoms with Crippen molar-refractivity contribution in [3.05, 3.63) is 23.8 Å². The van der Waals surface area contributed by atoms with Gasteiger partial charge in [0.15, 0.2) is 17.5 Å². The number of benzene rings is 1. The van der Waals surface area contributed by atoms with Gasteiger partial charge in [-0.15, -0.1) is 0 Å². The summed E-state index contributed by atoms with van der Waals surface area (Å²) >= 11 is 0. The molecule has 0 spiro atoms. The summed E-state index contributed by atoms with van der Waals surface area (Å²) in [6.07, 6.45) is 4.07. The van der Waals surface area contributed by atoms with Crippen LogP contribution in [0.4, 0.5) is 0 Å². The summed E-state index contributed by atoms with van der Waals surface area (Å²) in [5.41, 5.74) is 1.18. The molecule has 0 unspecified atom stereocenters. The Morgan fingerprint density at radius 2 is 1.86 bits per heavy atom. The van der Waals surface area contributed by atoms with Crippen molar-refractivity contribution in [2.75, 3.05) is 60.8 Å². The molecule has 0 bridgehead atoms. The Hall–Kier alpha value is -1.99. The first-order chi connectivity index (χ1) is 13.8. The Bertz CT molecular complexity index is 589. The van der Waals surface area contributed by atoms with Crippen LogP contribution in [-0.2, 0) is 15.9 Å². The zero-order valence-corrected chi connectivity index (χ0v) is 17.5. The van der Waals surface area contributed by atoms with E-state index >= 15 is 0 Å². The first-order valence-electron chi connectivity index (χ1n) is 10.1. The van der Waals surface area contributed by atoms with E-state index in [4.69, 9.17) is 18.9 Å². The minimum Gasteiger partial charge on any atom is -0.493 e. The van der Waals surface area contributed by atoms with Crippen LogP contribution in [0.25, 0.3) is 0 Å². The SMILES string of the molecule is CN=C(NCCCOCC1CCOCC1)NCCc1ccc(OC)c(OC)c1. The Morgan fingerprint density at radius 1 is 1.11 bits per heavy atom. The number of rotatable bonds is 11. The molecular formula is C21H35N3O4. The van der Waals surface area contributed by atoms with E-state index < -0.39 is 0 Å². The maximum Gasteiger partial charge on any atom is 0.190 e. The van der Waals surface area contributed by atoms with E-state index in [1.807, 2.05) is 12.1 Å². The molecule has 1 aromatic rings. The number of nitrogens with zero attached hydrogens (tertiary/aromatic N) is 1. The monoisotopic (exact) mass is 393 g/mol. The smallest absolute Gasteiger partial charge is 0.190 e. The molecule has 158 valence electrons. The Kier molecular flexibility index (Phi) is 10.5. The van der Waals surface area contributed by atoms with E-state index in [1.54, 1.807) is 21.3 Å². The Morgan fingerprint density at radius 3 is 2.57 bits per heavy atom. The highest BCUT2D eigenvalue weighted by Gasteiger charge is 2.13. The van der Waals surface area contributed by atoms with E-state index in [0.29, 0.717) is 5.92 Å². The predicted octanol–water partition coefficient (Wildman–Crippen LogP) is 2.24.